The summed E-state index contributed by atoms with van der Waals surface area (Å²) >= 11 is 1.11. The van der Waals surface area contributed by atoms with Gasteiger partial charge in [-0.2, -0.15) is 0 Å². The summed E-state index contributed by atoms with van der Waals surface area (Å²) in [6, 6.07) is 9.20. The molecule has 0 aliphatic heterocycles. The molecule has 3 rings (SSSR count). The van der Waals surface area contributed by atoms with Gasteiger partial charge in [0.2, 0.25) is 5.91 Å². The predicted octanol–water partition coefficient (Wildman–Crippen LogP) is 6.69. The first kappa shape index (κ1) is 28.3. The Bertz CT molecular complexity index is 1250. The van der Waals surface area contributed by atoms with Crippen molar-refractivity contribution in [2.45, 2.75) is 59.1 Å². The molecule has 2 aromatic heterocycles. The molecule has 1 unspecified atom stereocenters. The van der Waals surface area contributed by atoms with Crippen molar-refractivity contribution in [3.8, 4) is 11.4 Å². The minimum atomic E-state index is -2.70. The highest BCUT2D eigenvalue weighted by Gasteiger charge is 2.30. The number of pyridine rings is 1. The molecule has 6 nitrogen and oxygen atoms in total. The molecule has 198 valence electrons. The highest BCUT2D eigenvalue weighted by molar-refractivity contribution is 7.14. The Hall–Kier alpha value is -3.27. The van der Waals surface area contributed by atoms with E-state index in [-0.39, 0.29) is 34.5 Å². The van der Waals surface area contributed by atoms with Crippen molar-refractivity contribution in [2.24, 2.45) is 5.92 Å². The van der Waals surface area contributed by atoms with E-state index in [1.807, 2.05) is 20.8 Å². The zero-order chi connectivity index (χ0) is 27.2. The van der Waals surface area contributed by atoms with Crippen LogP contribution in [0, 0.1) is 5.92 Å². The second-order valence-corrected chi connectivity index (χ2v) is 10.0. The Morgan fingerprint density at radius 1 is 1.11 bits per heavy atom. The maximum absolute atomic E-state index is 15.7. The minimum absolute atomic E-state index is 0.191. The second-order valence-electron chi connectivity index (χ2n) is 9.16. The fourth-order valence-electron chi connectivity index (χ4n) is 4.01. The number of benzene rings is 1. The maximum atomic E-state index is 15.7. The molecular weight excluding hydrogens is 501 g/mol. The van der Waals surface area contributed by atoms with Gasteiger partial charge in [0.15, 0.2) is 5.13 Å². The number of thiazole rings is 1. The lowest BCUT2D eigenvalue weighted by Gasteiger charge is -2.27. The topological polar surface area (TPSA) is 84.0 Å². The molecule has 2 atom stereocenters. The third-order valence-electron chi connectivity index (χ3n) is 6.16. The number of carbonyl (C=O) groups is 2. The van der Waals surface area contributed by atoms with Crippen LogP contribution in [0.15, 0.2) is 41.8 Å². The first-order valence-electron chi connectivity index (χ1n) is 12.1. The fourth-order valence-corrected chi connectivity index (χ4v) is 4.73. The number of rotatable bonds is 11. The van der Waals surface area contributed by atoms with Gasteiger partial charge in [0.25, 0.3) is 12.3 Å². The van der Waals surface area contributed by atoms with Gasteiger partial charge in [0.1, 0.15) is 17.1 Å². The van der Waals surface area contributed by atoms with Crippen molar-refractivity contribution >= 4 is 28.3 Å². The van der Waals surface area contributed by atoms with Crippen LogP contribution >= 0.6 is 11.3 Å². The van der Waals surface area contributed by atoms with Crippen LogP contribution in [0.3, 0.4) is 0 Å². The molecule has 0 bridgehead atoms. The van der Waals surface area contributed by atoms with Crippen LogP contribution in [0.4, 0.5) is 18.3 Å². The zero-order valence-corrected chi connectivity index (χ0v) is 22.1. The molecule has 0 saturated heterocycles. The SMILES string of the molecule is CCc1ccc(C(=O)NCC(=O)Nc2nc(-c3cccc(C(F)F)n3)cs2)cc1[C@](C)(F)CC(C)CC. The number of nitrogens with one attached hydrogen (secondary N) is 2. The molecule has 0 radical (unpaired) electrons. The van der Waals surface area contributed by atoms with Crippen molar-refractivity contribution in [3.05, 3.63) is 64.2 Å². The summed E-state index contributed by atoms with van der Waals surface area (Å²) in [5.41, 5.74) is 0.282. The first-order chi connectivity index (χ1) is 17.5. The third kappa shape index (κ3) is 7.38. The van der Waals surface area contributed by atoms with Gasteiger partial charge < -0.3 is 10.6 Å². The molecule has 3 aromatic rings. The number of aryl methyl sites for hydroxylation is 1. The lowest BCUT2D eigenvalue weighted by molar-refractivity contribution is -0.115. The monoisotopic (exact) mass is 532 g/mol. The van der Waals surface area contributed by atoms with Gasteiger partial charge in [0, 0.05) is 10.9 Å². The Morgan fingerprint density at radius 3 is 2.54 bits per heavy atom. The van der Waals surface area contributed by atoms with Crippen molar-refractivity contribution in [2.75, 3.05) is 11.9 Å². The summed E-state index contributed by atoms with van der Waals surface area (Å²) in [4.78, 5) is 33.2. The minimum Gasteiger partial charge on any atom is -0.343 e. The Balaban J connectivity index is 1.64. The highest BCUT2D eigenvalue weighted by atomic mass is 32.1. The molecule has 1 aromatic carbocycles. The van der Waals surface area contributed by atoms with E-state index in [2.05, 4.69) is 20.6 Å². The molecule has 0 fully saturated rings. The molecule has 10 heteroatoms. The molecule has 0 saturated carbocycles. The van der Waals surface area contributed by atoms with Gasteiger partial charge in [-0.3, -0.25) is 9.59 Å². The summed E-state index contributed by atoms with van der Waals surface area (Å²) in [5, 5.41) is 6.96. The summed E-state index contributed by atoms with van der Waals surface area (Å²) in [6.45, 7) is 7.19. The van der Waals surface area contributed by atoms with Gasteiger partial charge in [-0.05, 0) is 61.1 Å². The predicted molar refractivity (Wildman–Crippen MR) is 140 cm³/mol. The standard InChI is InChI=1S/C27H31F3N4O2S/c1-5-16(3)13-27(4,30)19-12-18(11-10-17(19)6-2)25(36)31-14-23(35)34-26-33-22(15-37-26)20-8-7-9-21(32-20)24(28)29/h7-12,15-16,24H,5-6,13-14H2,1-4H3,(H,31,36)(H,33,34,35)/t16?,27-/m1/s1. The number of amides is 2. The normalized spacial score (nSPS) is 13.7. The van der Waals surface area contributed by atoms with Crippen molar-refractivity contribution in [3.63, 3.8) is 0 Å². The van der Waals surface area contributed by atoms with E-state index < -0.39 is 23.9 Å². The van der Waals surface area contributed by atoms with Crippen LogP contribution in [0.2, 0.25) is 0 Å². The lowest BCUT2D eigenvalue weighted by atomic mass is 9.83. The summed E-state index contributed by atoms with van der Waals surface area (Å²) < 4.78 is 41.5. The number of hydrogen-bond donors (Lipinski definition) is 2. The van der Waals surface area contributed by atoms with Crippen LogP contribution in [-0.4, -0.2) is 28.3 Å². The van der Waals surface area contributed by atoms with Gasteiger partial charge in [-0.15, -0.1) is 11.3 Å². The van der Waals surface area contributed by atoms with Gasteiger partial charge in [-0.1, -0.05) is 39.3 Å². The number of hydrogen-bond acceptors (Lipinski definition) is 5. The van der Waals surface area contributed by atoms with Crippen LogP contribution < -0.4 is 10.6 Å². The summed E-state index contributed by atoms with van der Waals surface area (Å²) in [5.74, 6) is -0.816. The van der Waals surface area contributed by atoms with E-state index in [1.165, 1.54) is 12.1 Å². The quantitative estimate of drug-likeness (QED) is 0.288. The Labute approximate surface area is 218 Å². The Morgan fingerprint density at radius 2 is 1.86 bits per heavy atom. The molecule has 2 heterocycles. The number of halogens is 3. The van der Waals surface area contributed by atoms with Crippen LogP contribution in [-0.2, 0) is 16.9 Å². The number of carbonyl (C=O) groups excluding carboxylic acids is 2. The van der Waals surface area contributed by atoms with Gasteiger partial charge in [0.05, 0.1) is 12.2 Å². The van der Waals surface area contributed by atoms with E-state index >= 15 is 4.39 Å². The van der Waals surface area contributed by atoms with E-state index in [0.29, 0.717) is 24.1 Å². The molecule has 37 heavy (non-hydrogen) atoms. The maximum Gasteiger partial charge on any atom is 0.280 e. The van der Waals surface area contributed by atoms with E-state index in [9.17, 15) is 18.4 Å². The summed E-state index contributed by atoms with van der Waals surface area (Å²) in [7, 11) is 0. The summed E-state index contributed by atoms with van der Waals surface area (Å²) in [6.07, 6.45) is -0.858. The van der Waals surface area contributed by atoms with Crippen LogP contribution in [0.1, 0.15) is 74.1 Å². The van der Waals surface area contributed by atoms with Crippen molar-refractivity contribution < 1.29 is 22.8 Å². The van der Waals surface area contributed by atoms with Gasteiger partial charge >= 0.3 is 0 Å². The number of alkyl halides is 3. The number of aromatic nitrogens is 2. The van der Waals surface area contributed by atoms with E-state index in [1.54, 1.807) is 36.6 Å². The average Bonchev–Trinajstić information content (AvgIpc) is 3.35. The number of anilines is 1. The van der Waals surface area contributed by atoms with Gasteiger partial charge in [-0.25, -0.2) is 23.1 Å². The molecule has 0 aliphatic rings. The number of nitrogens with zero attached hydrogens (tertiary/aromatic N) is 2. The van der Waals surface area contributed by atoms with E-state index in [4.69, 9.17) is 0 Å². The second kappa shape index (κ2) is 12.3. The third-order valence-corrected chi connectivity index (χ3v) is 6.92. The molecule has 0 spiro atoms. The van der Waals surface area contributed by atoms with Crippen LogP contribution in [0.5, 0.6) is 0 Å². The molecular formula is C27H31F3N4O2S. The molecule has 0 aliphatic carbocycles. The fraction of sp³-hybridized carbons (Fsp3) is 0.407. The molecule has 2 N–H and O–H groups in total. The van der Waals surface area contributed by atoms with Crippen molar-refractivity contribution in [1.29, 1.82) is 0 Å². The Kier molecular flexibility index (Phi) is 9.42. The average molecular weight is 533 g/mol. The largest absolute Gasteiger partial charge is 0.343 e. The lowest BCUT2D eigenvalue weighted by Crippen LogP contribution is -2.33. The molecule has 2 amide bonds. The highest BCUT2D eigenvalue weighted by Crippen LogP contribution is 2.36. The smallest absolute Gasteiger partial charge is 0.280 e. The van der Waals surface area contributed by atoms with E-state index in [0.717, 1.165) is 23.3 Å². The first-order valence-corrected chi connectivity index (χ1v) is 13.0. The van der Waals surface area contributed by atoms with Crippen LogP contribution in [0.25, 0.3) is 11.4 Å². The zero-order valence-electron chi connectivity index (χ0n) is 21.3. The van der Waals surface area contributed by atoms with Crippen molar-refractivity contribution in [1.82, 2.24) is 15.3 Å².